The Hall–Kier alpha value is -3.64. The Kier molecular flexibility index (Phi) is 5.62. The van der Waals surface area contributed by atoms with Crippen molar-refractivity contribution in [2.45, 2.75) is 39.8 Å². The maximum absolute atomic E-state index is 9.85. The lowest BCUT2D eigenvalue weighted by Crippen LogP contribution is -2.29. The van der Waals surface area contributed by atoms with Crippen molar-refractivity contribution in [1.82, 2.24) is 14.9 Å². The first-order valence-electron chi connectivity index (χ1n) is 11.4. The summed E-state index contributed by atoms with van der Waals surface area (Å²) in [6.45, 7) is 8.59. The molecule has 1 saturated heterocycles. The first-order valence-corrected chi connectivity index (χ1v) is 11.8. The summed E-state index contributed by atoms with van der Waals surface area (Å²) in [5.74, 6) is 0.229. The Morgan fingerprint density at radius 2 is 1.59 bits per heavy atom. The summed E-state index contributed by atoms with van der Waals surface area (Å²) >= 11 is 5.84. The van der Waals surface area contributed by atoms with Crippen LogP contribution in [0.15, 0.2) is 72.9 Å². The van der Waals surface area contributed by atoms with E-state index in [2.05, 4.69) is 71.7 Å². The summed E-state index contributed by atoms with van der Waals surface area (Å²) in [4.78, 5) is 6.80. The van der Waals surface area contributed by atoms with Crippen molar-refractivity contribution in [2.24, 2.45) is 0 Å². The van der Waals surface area contributed by atoms with Crippen molar-refractivity contribution in [3.63, 3.8) is 0 Å². The van der Waals surface area contributed by atoms with Crippen LogP contribution in [-0.4, -0.2) is 19.8 Å². The Balaban J connectivity index is 1.69. The quantitative estimate of drug-likeness (QED) is 0.361. The van der Waals surface area contributed by atoms with E-state index < -0.39 is 0 Å². The van der Waals surface area contributed by atoms with Crippen LogP contribution < -0.4 is 10.2 Å². The smallest absolute Gasteiger partial charge is 0.174 e. The van der Waals surface area contributed by atoms with Gasteiger partial charge in [-0.25, -0.2) is 0 Å². The van der Waals surface area contributed by atoms with Crippen LogP contribution in [0.2, 0.25) is 0 Å². The molecule has 2 aromatic heterocycles. The molecule has 172 valence electrons. The highest BCUT2D eigenvalue weighted by molar-refractivity contribution is 7.80. The van der Waals surface area contributed by atoms with E-state index in [9.17, 15) is 5.11 Å². The highest BCUT2D eigenvalue weighted by Gasteiger charge is 2.42. The number of nitrogens with one attached hydrogen (secondary N) is 1. The molecule has 1 fully saturated rings. The van der Waals surface area contributed by atoms with Crippen LogP contribution in [0.1, 0.15) is 45.9 Å². The van der Waals surface area contributed by atoms with Crippen LogP contribution in [0.3, 0.4) is 0 Å². The minimum absolute atomic E-state index is 0.0993. The number of nitrogens with zero attached hydrogens (tertiary/aromatic N) is 3. The van der Waals surface area contributed by atoms with E-state index in [0.29, 0.717) is 5.11 Å². The molecule has 0 amide bonds. The number of aryl methyl sites for hydroxylation is 3. The normalized spacial score (nSPS) is 17.8. The molecule has 0 bridgehead atoms. The van der Waals surface area contributed by atoms with Crippen LogP contribution in [0.25, 0.3) is 5.69 Å². The van der Waals surface area contributed by atoms with Crippen LogP contribution in [0, 0.1) is 27.7 Å². The molecule has 6 heteroatoms. The van der Waals surface area contributed by atoms with Crippen molar-refractivity contribution in [3.8, 4) is 11.4 Å². The maximum Gasteiger partial charge on any atom is 0.174 e. The number of phenolic OH excluding ortho intramolecular Hbond substituents is 1. The number of pyridine rings is 1. The summed E-state index contributed by atoms with van der Waals surface area (Å²) in [7, 11) is 0. The topological polar surface area (TPSA) is 53.3 Å². The molecule has 2 N–H and O–H groups in total. The van der Waals surface area contributed by atoms with Gasteiger partial charge < -0.3 is 19.9 Å². The molecule has 5 rings (SSSR count). The van der Waals surface area contributed by atoms with Gasteiger partial charge in [-0.2, -0.15) is 0 Å². The number of hydrogen-bond donors (Lipinski definition) is 2. The van der Waals surface area contributed by atoms with Gasteiger partial charge in [0.25, 0.3) is 0 Å². The Morgan fingerprint density at radius 1 is 0.882 bits per heavy atom. The molecule has 0 radical (unpaired) electrons. The predicted molar refractivity (Wildman–Crippen MR) is 141 cm³/mol. The average molecular weight is 469 g/mol. The van der Waals surface area contributed by atoms with Gasteiger partial charge in [-0.05, 0) is 111 Å². The van der Waals surface area contributed by atoms with Gasteiger partial charge in [0, 0.05) is 29.0 Å². The average Bonchev–Trinajstić information content (AvgIpc) is 3.29. The number of thiocarbonyl (C=S) groups is 1. The van der Waals surface area contributed by atoms with E-state index in [1.807, 2.05) is 36.5 Å². The molecular formula is C28H28N4OS. The van der Waals surface area contributed by atoms with Gasteiger partial charge >= 0.3 is 0 Å². The van der Waals surface area contributed by atoms with E-state index in [0.717, 1.165) is 17.1 Å². The van der Waals surface area contributed by atoms with Crippen molar-refractivity contribution in [1.29, 1.82) is 0 Å². The summed E-state index contributed by atoms with van der Waals surface area (Å²) in [6, 6.07) is 21.9. The second kappa shape index (κ2) is 8.61. The second-order valence-electron chi connectivity index (χ2n) is 9.02. The molecule has 0 aliphatic carbocycles. The summed E-state index contributed by atoms with van der Waals surface area (Å²) in [5.41, 5.74) is 9.03. The zero-order valence-electron chi connectivity index (χ0n) is 19.8. The molecular weight excluding hydrogens is 440 g/mol. The highest BCUT2D eigenvalue weighted by atomic mass is 32.1. The van der Waals surface area contributed by atoms with E-state index in [4.69, 9.17) is 12.2 Å². The van der Waals surface area contributed by atoms with Gasteiger partial charge in [0.1, 0.15) is 5.75 Å². The van der Waals surface area contributed by atoms with Gasteiger partial charge in [0.05, 0.1) is 17.8 Å². The number of phenols is 1. The number of hydrogen-bond acceptors (Lipinski definition) is 3. The first kappa shape index (κ1) is 22.2. The number of aromatic hydroxyl groups is 1. The first-order chi connectivity index (χ1) is 16.3. The van der Waals surface area contributed by atoms with Crippen molar-refractivity contribution < 1.29 is 5.11 Å². The van der Waals surface area contributed by atoms with Crippen LogP contribution in [0.4, 0.5) is 5.69 Å². The Morgan fingerprint density at radius 3 is 2.24 bits per heavy atom. The van der Waals surface area contributed by atoms with Gasteiger partial charge in [0.2, 0.25) is 0 Å². The maximum atomic E-state index is 9.85. The van der Waals surface area contributed by atoms with Gasteiger partial charge in [-0.3, -0.25) is 4.98 Å². The third-order valence-electron chi connectivity index (χ3n) is 6.48. The molecule has 0 spiro atoms. The SMILES string of the molecule is Cc1cc(C)cc(-n2c(C)cc(C3C(c4ccccn4)NC(=S)N3c3ccc(O)cc3)c2C)c1. The summed E-state index contributed by atoms with van der Waals surface area (Å²) in [5, 5.41) is 14.0. The largest absolute Gasteiger partial charge is 0.508 e. The summed E-state index contributed by atoms with van der Waals surface area (Å²) < 4.78 is 2.32. The van der Waals surface area contributed by atoms with Crippen LogP contribution in [0.5, 0.6) is 5.75 Å². The third-order valence-corrected chi connectivity index (χ3v) is 6.79. The lowest BCUT2D eigenvalue weighted by atomic mass is 9.96. The monoisotopic (exact) mass is 468 g/mol. The van der Waals surface area contributed by atoms with Gasteiger partial charge in [-0.1, -0.05) is 12.1 Å². The molecule has 2 aromatic carbocycles. The van der Waals surface area contributed by atoms with Gasteiger partial charge in [-0.15, -0.1) is 0 Å². The fourth-order valence-corrected chi connectivity index (χ4v) is 5.47. The number of rotatable bonds is 4. The zero-order valence-corrected chi connectivity index (χ0v) is 20.6. The summed E-state index contributed by atoms with van der Waals surface area (Å²) in [6.07, 6.45) is 1.82. The van der Waals surface area contributed by atoms with E-state index in [-0.39, 0.29) is 17.8 Å². The third kappa shape index (κ3) is 3.84. The minimum Gasteiger partial charge on any atom is -0.508 e. The fraction of sp³-hybridized carbons (Fsp3) is 0.214. The van der Waals surface area contributed by atoms with Crippen molar-refractivity contribution in [3.05, 3.63) is 107 Å². The lowest BCUT2D eigenvalue weighted by molar-refractivity contribution is 0.475. The molecule has 1 aliphatic rings. The van der Waals surface area contributed by atoms with Crippen molar-refractivity contribution in [2.75, 3.05) is 4.90 Å². The molecule has 3 heterocycles. The second-order valence-corrected chi connectivity index (χ2v) is 9.41. The van der Waals surface area contributed by atoms with Crippen LogP contribution >= 0.6 is 12.2 Å². The molecule has 34 heavy (non-hydrogen) atoms. The standard InChI is InChI=1S/C28H28N4OS/c1-17-13-18(2)15-22(14-17)31-19(3)16-24(20(31)4)27-26(25-7-5-6-12-29-25)30-28(34)32(27)21-8-10-23(33)11-9-21/h5-16,26-27,33H,1-4H3,(H,30,34). The Labute approximate surface area is 205 Å². The van der Waals surface area contributed by atoms with Crippen molar-refractivity contribution >= 4 is 23.0 Å². The highest BCUT2D eigenvalue weighted by Crippen LogP contribution is 2.44. The molecule has 1 aliphatic heterocycles. The Bertz CT molecular complexity index is 1340. The van der Waals surface area contributed by atoms with E-state index in [1.165, 1.54) is 28.1 Å². The number of benzene rings is 2. The van der Waals surface area contributed by atoms with E-state index in [1.54, 1.807) is 12.1 Å². The molecule has 4 aromatic rings. The number of aromatic nitrogens is 2. The predicted octanol–water partition coefficient (Wildman–Crippen LogP) is 5.99. The van der Waals surface area contributed by atoms with Gasteiger partial charge in [0.15, 0.2) is 5.11 Å². The molecule has 0 saturated carbocycles. The van der Waals surface area contributed by atoms with Crippen LogP contribution in [-0.2, 0) is 0 Å². The molecule has 5 nitrogen and oxygen atoms in total. The minimum atomic E-state index is -0.115. The molecule has 2 atom stereocenters. The fourth-order valence-electron chi connectivity index (χ4n) is 5.13. The van der Waals surface area contributed by atoms with E-state index >= 15 is 0 Å². The zero-order chi connectivity index (χ0) is 24.0. The number of anilines is 1. The molecule has 2 unspecified atom stereocenters. The lowest BCUT2D eigenvalue weighted by Gasteiger charge is -2.28.